The van der Waals surface area contributed by atoms with Gasteiger partial charge in [0, 0.05) is 0 Å². The Balaban J connectivity index is 1.40. The number of aliphatic hydroxyl groups is 3. The molecular weight excluding hydrogens is 497 g/mol. The van der Waals surface area contributed by atoms with Crippen LogP contribution in [0.2, 0.25) is 0 Å². The molecule has 0 radical (unpaired) electrons. The summed E-state index contributed by atoms with van der Waals surface area (Å²) in [6.07, 6.45) is -6.16. The van der Waals surface area contributed by atoms with E-state index < -0.39 is 54.0 Å². The number of rotatable bonds is 4. The molecule has 37 heavy (non-hydrogen) atoms. The fourth-order valence-corrected chi connectivity index (χ4v) is 5.23. The number of alkyl halides is 3. The molecule has 196 valence electrons. The van der Waals surface area contributed by atoms with Crippen LogP contribution >= 0.6 is 0 Å². The molecule has 5 rings (SSSR count). The molecule has 4 atom stereocenters. The zero-order valence-electron chi connectivity index (χ0n) is 19.0. The van der Waals surface area contributed by atoms with Gasteiger partial charge in [0.2, 0.25) is 5.79 Å². The summed E-state index contributed by atoms with van der Waals surface area (Å²) in [6, 6.07) is 8.36. The summed E-state index contributed by atoms with van der Waals surface area (Å²) in [5, 5.41) is 56.4. The quantitative estimate of drug-likeness (QED) is 0.204. The normalized spacial score (nSPS) is 28.1. The van der Waals surface area contributed by atoms with Gasteiger partial charge < -0.3 is 40.9 Å². The second-order valence-electron chi connectivity index (χ2n) is 9.02. The van der Waals surface area contributed by atoms with Crippen LogP contribution in [0.5, 0.6) is 0 Å². The number of guanidine groups is 2. The summed E-state index contributed by atoms with van der Waals surface area (Å²) in [5.41, 5.74) is -2.61. The van der Waals surface area contributed by atoms with Gasteiger partial charge in [0.25, 0.3) is 0 Å². The van der Waals surface area contributed by atoms with Crippen LogP contribution in [0.1, 0.15) is 15.9 Å². The number of aliphatic hydroxyl groups excluding tert-OH is 1. The first kappa shape index (κ1) is 24.8. The number of halogens is 3. The number of ether oxygens (including phenoxy) is 1. The second-order valence-corrected chi connectivity index (χ2v) is 9.02. The van der Waals surface area contributed by atoms with Crippen molar-refractivity contribution in [3.05, 3.63) is 59.7 Å². The Morgan fingerprint density at radius 3 is 2.43 bits per heavy atom. The lowest BCUT2D eigenvalue weighted by atomic mass is 9.85. The van der Waals surface area contributed by atoms with Crippen LogP contribution < -0.4 is 16.0 Å². The highest BCUT2D eigenvalue weighted by Gasteiger charge is 2.75. The Morgan fingerprint density at radius 2 is 1.78 bits per heavy atom. The molecular formula is C23H23F3N6O5. The summed E-state index contributed by atoms with van der Waals surface area (Å²) >= 11 is 0. The summed E-state index contributed by atoms with van der Waals surface area (Å²) in [5.74, 6) is -4.34. The van der Waals surface area contributed by atoms with Gasteiger partial charge in [-0.1, -0.05) is 30.3 Å². The Hall–Kier alpha value is -3.88. The van der Waals surface area contributed by atoms with E-state index in [2.05, 4.69) is 16.0 Å². The minimum Gasteiger partial charge on any atom is -0.451 e. The number of carbonyl (C=O) groups is 1. The molecule has 1 unspecified atom stereocenters. The van der Waals surface area contributed by atoms with E-state index >= 15 is 0 Å². The highest BCUT2D eigenvalue weighted by Crippen LogP contribution is 2.44. The first-order valence-electron chi connectivity index (χ1n) is 11.2. The molecule has 2 aromatic carbocycles. The van der Waals surface area contributed by atoms with Crippen LogP contribution in [0, 0.1) is 10.8 Å². The average Bonchev–Trinajstić information content (AvgIpc) is 3.32. The molecule has 11 nitrogen and oxygen atoms in total. The molecule has 0 aliphatic carbocycles. The molecule has 3 fully saturated rings. The van der Waals surface area contributed by atoms with Crippen molar-refractivity contribution < 1.29 is 38.0 Å². The maximum atomic E-state index is 13.4. The molecule has 2 aromatic rings. The average molecular weight is 520 g/mol. The van der Waals surface area contributed by atoms with Gasteiger partial charge in [0.15, 0.2) is 23.7 Å². The zero-order valence-corrected chi connectivity index (χ0v) is 19.0. The summed E-state index contributed by atoms with van der Waals surface area (Å²) in [7, 11) is 0. The van der Waals surface area contributed by atoms with Crippen LogP contribution in [0.15, 0.2) is 48.5 Å². The Morgan fingerprint density at radius 1 is 1.11 bits per heavy atom. The largest absolute Gasteiger partial charge is 0.451 e. The molecule has 3 saturated heterocycles. The third kappa shape index (κ3) is 3.67. The molecule has 0 saturated carbocycles. The molecule has 3 aliphatic heterocycles. The van der Waals surface area contributed by atoms with Crippen LogP contribution in [-0.4, -0.2) is 80.9 Å². The van der Waals surface area contributed by atoms with Crippen molar-refractivity contribution in [1.82, 2.24) is 20.9 Å². The van der Waals surface area contributed by atoms with Crippen molar-refractivity contribution >= 4 is 17.9 Å². The van der Waals surface area contributed by atoms with Crippen molar-refractivity contribution in [1.29, 1.82) is 10.8 Å². The Bertz CT molecular complexity index is 1270. The Labute approximate surface area is 207 Å². The van der Waals surface area contributed by atoms with Gasteiger partial charge in [-0.2, -0.15) is 13.2 Å². The third-order valence-corrected chi connectivity index (χ3v) is 6.95. The second kappa shape index (κ2) is 8.33. The lowest BCUT2D eigenvalue weighted by Crippen LogP contribution is -2.80. The maximum absolute atomic E-state index is 13.4. The molecule has 14 heteroatoms. The fourth-order valence-electron chi connectivity index (χ4n) is 5.23. The fraction of sp³-hybridized carbons (Fsp3) is 0.348. The van der Waals surface area contributed by atoms with Gasteiger partial charge in [-0.25, -0.2) is 4.79 Å². The van der Waals surface area contributed by atoms with Gasteiger partial charge in [-0.05, 0) is 29.3 Å². The van der Waals surface area contributed by atoms with E-state index in [1.165, 1.54) is 47.4 Å². The van der Waals surface area contributed by atoms with Gasteiger partial charge in [-0.3, -0.25) is 10.8 Å². The standard InChI is InChI=1S/C23H23F3N6O5/c24-23(25,26)14-4-2-1-3-13(14)11-5-7-12(8-6-11)18(34)37-16-9-32-20(28)29-15(10-33)17-21(32,22(16,35)36)31-19(27)30-17/h1-8,15-17,33,35-36H,9-10H2,(H2,28,29)(H3,27,30,31)/t15-,16-,17?,21-/m0/s1. The first-order valence-corrected chi connectivity index (χ1v) is 11.2. The number of hydrogen-bond acceptors (Lipinski definition) is 7. The molecule has 3 aliphatic rings. The number of hydrogen-bond donors (Lipinski definition) is 8. The monoisotopic (exact) mass is 520 g/mol. The van der Waals surface area contributed by atoms with E-state index in [9.17, 15) is 33.3 Å². The van der Waals surface area contributed by atoms with Crippen LogP contribution in [0.4, 0.5) is 13.2 Å². The number of nitrogens with one attached hydrogen (secondary N) is 5. The lowest BCUT2D eigenvalue weighted by Gasteiger charge is -2.50. The van der Waals surface area contributed by atoms with E-state index in [1.54, 1.807) is 0 Å². The summed E-state index contributed by atoms with van der Waals surface area (Å²) in [4.78, 5) is 14.1. The van der Waals surface area contributed by atoms with Gasteiger partial charge in [-0.15, -0.1) is 0 Å². The van der Waals surface area contributed by atoms with Crippen LogP contribution in [-0.2, 0) is 10.9 Å². The van der Waals surface area contributed by atoms with E-state index in [1.807, 2.05) is 0 Å². The van der Waals surface area contributed by atoms with Gasteiger partial charge in [0.1, 0.15) is 0 Å². The zero-order chi connectivity index (χ0) is 26.8. The van der Waals surface area contributed by atoms with E-state index in [0.717, 1.165) is 6.07 Å². The van der Waals surface area contributed by atoms with Crippen molar-refractivity contribution in [3.63, 3.8) is 0 Å². The minimum absolute atomic E-state index is 0.0466. The van der Waals surface area contributed by atoms with Crippen LogP contribution in [0.3, 0.4) is 0 Å². The minimum atomic E-state index is -4.57. The predicted molar refractivity (Wildman–Crippen MR) is 122 cm³/mol. The first-order chi connectivity index (χ1) is 17.4. The van der Waals surface area contributed by atoms with Crippen molar-refractivity contribution in [3.8, 4) is 11.1 Å². The van der Waals surface area contributed by atoms with E-state index in [4.69, 9.17) is 15.6 Å². The van der Waals surface area contributed by atoms with E-state index in [0.29, 0.717) is 0 Å². The molecule has 0 amide bonds. The molecule has 0 aromatic heterocycles. The van der Waals surface area contributed by atoms with Crippen molar-refractivity contribution in [2.24, 2.45) is 0 Å². The lowest BCUT2D eigenvalue weighted by molar-refractivity contribution is -0.258. The Kier molecular flexibility index (Phi) is 5.58. The highest BCUT2D eigenvalue weighted by atomic mass is 19.4. The van der Waals surface area contributed by atoms with Crippen molar-refractivity contribution in [2.75, 3.05) is 13.2 Å². The van der Waals surface area contributed by atoms with Crippen molar-refractivity contribution in [2.45, 2.75) is 35.8 Å². The molecule has 8 N–H and O–H groups in total. The maximum Gasteiger partial charge on any atom is 0.417 e. The summed E-state index contributed by atoms with van der Waals surface area (Å²) in [6.45, 7) is -0.826. The number of carbonyl (C=O) groups excluding carboxylic acids is 1. The third-order valence-electron chi connectivity index (χ3n) is 6.95. The number of nitrogens with zero attached hydrogens (tertiary/aromatic N) is 1. The molecule has 1 spiro atoms. The molecule has 3 heterocycles. The van der Waals surface area contributed by atoms with Gasteiger partial charge in [0.05, 0.1) is 36.4 Å². The topological polar surface area (TPSA) is 174 Å². The number of benzene rings is 2. The molecule has 0 bridgehead atoms. The number of esters is 1. The SMILES string of the molecule is N=C1NC2[C@H](CO)NC(=N)N3C[C@H](OC(=O)c4ccc(-c5ccccc5C(F)(F)F)cc4)C(O)(O)[C@]23N1. The van der Waals surface area contributed by atoms with E-state index in [-0.39, 0.29) is 35.2 Å². The van der Waals surface area contributed by atoms with Crippen LogP contribution in [0.25, 0.3) is 11.1 Å². The van der Waals surface area contributed by atoms with Gasteiger partial charge >= 0.3 is 12.1 Å². The highest BCUT2D eigenvalue weighted by molar-refractivity contribution is 5.91. The predicted octanol–water partition coefficient (Wildman–Crippen LogP) is -0.0144. The summed E-state index contributed by atoms with van der Waals surface area (Å²) < 4.78 is 45.5. The smallest absolute Gasteiger partial charge is 0.417 e.